The van der Waals surface area contributed by atoms with Crippen LogP contribution in [0.1, 0.15) is 5.56 Å². The van der Waals surface area contributed by atoms with E-state index in [0.29, 0.717) is 16.5 Å². The summed E-state index contributed by atoms with van der Waals surface area (Å²) >= 11 is 5.91. The number of ether oxygens (including phenoxy) is 1. The highest BCUT2D eigenvalue weighted by Crippen LogP contribution is 2.28. The Morgan fingerprint density at radius 1 is 1.14 bits per heavy atom. The van der Waals surface area contributed by atoms with E-state index in [2.05, 4.69) is 15.2 Å². The van der Waals surface area contributed by atoms with Gasteiger partial charge in [-0.1, -0.05) is 29.3 Å². The van der Waals surface area contributed by atoms with Crippen molar-refractivity contribution in [2.75, 3.05) is 12.4 Å². The largest absolute Gasteiger partial charge is 0.417 e. The Balaban J connectivity index is 2.00. The van der Waals surface area contributed by atoms with Crippen molar-refractivity contribution >= 4 is 23.4 Å². The lowest BCUT2D eigenvalue weighted by Gasteiger charge is -2.09. The molecule has 0 unspecified atom stereocenters. The van der Waals surface area contributed by atoms with Gasteiger partial charge in [-0.2, -0.15) is 4.89 Å². The molecule has 1 N–H and O–H groups in total. The highest BCUT2D eigenvalue weighted by Gasteiger charge is 2.09. The molecule has 0 fully saturated rings. The summed E-state index contributed by atoms with van der Waals surface area (Å²) in [5, 5.41) is 7.19. The molecular weight excluding hydrogens is 310 g/mol. The van der Waals surface area contributed by atoms with Crippen molar-refractivity contribution in [2.24, 2.45) is 0 Å². The van der Waals surface area contributed by atoms with Gasteiger partial charge in [0.25, 0.3) is 0 Å². The van der Waals surface area contributed by atoms with Gasteiger partial charge in [-0.25, -0.2) is 4.79 Å². The van der Waals surface area contributed by atoms with E-state index in [9.17, 15) is 4.79 Å². The maximum absolute atomic E-state index is 11.8. The molecule has 0 aliphatic carbocycles. The van der Waals surface area contributed by atoms with Crippen molar-refractivity contribution in [1.82, 2.24) is 0 Å². The molecule has 0 aromatic heterocycles. The number of anilines is 1. The van der Waals surface area contributed by atoms with E-state index in [1.54, 1.807) is 18.2 Å². The normalized spacial score (nSPS) is 10.1. The standard InChI is InChI=1S/C15H14ClNO5/c1-10-3-6-12(7-4-10)20-15(18)17-11-5-8-13(16)14(9-11)21-22-19-2/h3-9H,1-2H3,(H,17,18). The summed E-state index contributed by atoms with van der Waals surface area (Å²) in [7, 11) is 1.29. The Bertz CT molecular complexity index is 645. The first kappa shape index (κ1) is 16.1. The highest BCUT2D eigenvalue weighted by atomic mass is 35.5. The first-order chi connectivity index (χ1) is 10.6. The number of hydrogen-bond donors (Lipinski definition) is 1. The summed E-state index contributed by atoms with van der Waals surface area (Å²) in [5.74, 6) is 0.632. The molecule has 2 aromatic carbocycles. The summed E-state index contributed by atoms with van der Waals surface area (Å²) in [6, 6.07) is 11.7. The fourth-order valence-electron chi connectivity index (χ4n) is 1.57. The van der Waals surface area contributed by atoms with Gasteiger partial charge in [-0.05, 0) is 36.2 Å². The molecule has 0 aliphatic heterocycles. The molecule has 0 heterocycles. The van der Waals surface area contributed by atoms with Crippen molar-refractivity contribution in [1.29, 1.82) is 0 Å². The Kier molecular flexibility index (Phi) is 5.60. The predicted octanol–water partition coefficient (Wildman–Crippen LogP) is 4.13. The number of benzene rings is 2. The van der Waals surface area contributed by atoms with E-state index in [4.69, 9.17) is 21.2 Å². The molecule has 0 radical (unpaired) electrons. The third kappa shape index (κ3) is 4.63. The van der Waals surface area contributed by atoms with Gasteiger partial charge in [-0.3, -0.25) is 5.32 Å². The molecule has 6 nitrogen and oxygen atoms in total. The number of aryl methyl sites for hydroxylation is 1. The Morgan fingerprint density at radius 2 is 1.86 bits per heavy atom. The van der Waals surface area contributed by atoms with Crippen LogP contribution in [0, 0.1) is 6.92 Å². The first-order valence-electron chi connectivity index (χ1n) is 6.31. The van der Waals surface area contributed by atoms with Crippen LogP contribution in [-0.4, -0.2) is 13.2 Å². The molecule has 7 heteroatoms. The van der Waals surface area contributed by atoms with E-state index in [0.717, 1.165) is 5.56 Å². The number of carbonyl (C=O) groups is 1. The topological polar surface area (TPSA) is 66.0 Å². The maximum atomic E-state index is 11.8. The van der Waals surface area contributed by atoms with Gasteiger partial charge >= 0.3 is 6.09 Å². The van der Waals surface area contributed by atoms with Crippen molar-refractivity contribution in [3.63, 3.8) is 0 Å². The third-order valence-electron chi connectivity index (χ3n) is 2.60. The molecule has 116 valence electrons. The number of nitrogens with one attached hydrogen (secondary N) is 1. The summed E-state index contributed by atoms with van der Waals surface area (Å²) in [6.45, 7) is 1.95. The highest BCUT2D eigenvalue weighted by molar-refractivity contribution is 6.32. The number of rotatable bonds is 5. The smallest absolute Gasteiger partial charge is 0.410 e. The fourth-order valence-corrected chi connectivity index (χ4v) is 1.72. The number of hydrogen-bond acceptors (Lipinski definition) is 5. The molecule has 0 atom stereocenters. The van der Waals surface area contributed by atoms with E-state index in [1.165, 1.54) is 19.2 Å². The second-order valence-corrected chi connectivity index (χ2v) is 4.70. The number of halogens is 1. The van der Waals surface area contributed by atoms with Gasteiger partial charge in [0, 0.05) is 11.8 Å². The summed E-state index contributed by atoms with van der Waals surface area (Å²) in [4.78, 5) is 20.9. The molecule has 2 aromatic rings. The lowest BCUT2D eigenvalue weighted by atomic mass is 10.2. The van der Waals surface area contributed by atoms with Crippen LogP contribution in [0.5, 0.6) is 11.5 Å². The van der Waals surface area contributed by atoms with E-state index >= 15 is 0 Å². The van der Waals surface area contributed by atoms with Gasteiger partial charge in [0.05, 0.1) is 12.1 Å². The minimum atomic E-state index is -0.634. The third-order valence-corrected chi connectivity index (χ3v) is 2.91. The number of carbonyl (C=O) groups excluding carboxylic acids is 1. The van der Waals surface area contributed by atoms with E-state index in [-0.39, 0.29) is 5.75 Å². The fraction of sp³-hybridized carbons (Fsp3) is 0.133. The van der Waals surface area contributed by atoms with Gasteiger partial charge in [0.1, 0.15) is 5.75 Å². The van der Waals surface area contributed by atoms with Crippen molar-refractivity contribution in [3.05, 3.63) is 53.1 Å². The second kappa shape index (κ2) is 7.65. The first-order valence-corrected chi connectivity index (χ1v) is 6.68. The second-order valence-electron chi connectivity index (χ2n) is 4.29. The molecule has 1 amide bonds. The van der Waals surface area contributed by atoms with Crippen LogP contribution in [0.4, 0.5) is 10.5 Å². The van der Waals surface area contributed by atoms with Crippen LogP contribution in [0.25, 0.3) is 0 Å². The molecule has 0 spiro atoms. The zero-order valence-corrected chi connectivity index (χ0v) is 12.7. The Labute approximate surface area is 132 Å². The zero-order chi connectivity index (χ0) is 15.9. The number of amides is 1. The molecule has 0 saturated heterocycles. The van der Waals surface area contributed by atoms with E-state index in [1.807, 2.05) is 19.1 Å². The summed E-state index contributed by atoms with van der Waals surface area (Å²) < 4.78 is 5.14. The average molecular weight is 324 g/mol. The molecule has 22 heavy (non-hydrogen) atoms. The van der Waals surface area contributed by atoms with Crippen molar-refractivity contribution in [3.8, 4) is 11.5 Å². The van der Waals surface area contributed by atoms with Crippen LogP contribution in [0.2, 0.25) is 5.02 Å². The van der Waals surface area contributed by atoms with Crippen LogP contribution in [0.15, 0.2) is 42.5 Å². The van der Waals surface area contributed by atoms with Gasteiger partial charge < -0.3 is 9.62 Å². The average Bonchev–Trinajstić information content (AvgIpc) is 2.50. The SMILES string of the molecule is COOOc1cc(NC(=O)Oc2ccc(C)cc2)ccc1Cl. The zero-order valence-electron chi connectivity index (χ0n) is 12.0. The minimum absolute atomic E-state index is 0.191. The molecule has 0 bridgehead atoms. The van der Waals surface area contributed by atoms with Crippen molar-refractivity contribution < 1.29 is 24.3 Å². The lowest BCUT2D eigenvalue weighted by Crippen LogP contribution is -2.16. The molecule has 2 rings (SSSR count). The predicted molar refractivity (Wildman–Crippen MR) is 81.0 cm³/mol. The lowest BCUT2D eigenvalue weighted by molar-refractivity contribution is -0.453. The minimum Gasteiger partial charge on any atom is -0.410 e. The van der Waals surface area contributed by atoms with E-state index < -0.39 is 6.09 Å². The van der Waals surface area contributed by atoms with Gasteiger partial charge in [0.15, 0.2) is 5.75 Å². The van der Waals surface area contributed by atoms with Gasteiger partial charge in [0.2, 0.25) is 0 Å². The maximum Gasteiger partial charge on any atom is 0.417 e. The molecule has 0 aliphatic rings. The van der Waals surface area contributed by atoms with Crippen LogP contribution in [0.3, 0.4) is 0 Å². The van der Waals surface area contributed by atoms with Crippen LogP contribution < -0.4 is 14.9 Å². The summed E-state index contributed by atoms with van der Waals surface area (Å²) in [5.41, 5.74) is 1.50. The quantitative estimate of drug-likeness (QED) is 0.662. The molecular formula is C15H14ClNO5. The summed E-state index contributed by atoms with van der Waals surface area (Å²) in [6.07, 6.45) is -0.634. The van der Waals surface area contributed by atoms with Crippen LogP contribution in [-0.2, 0) is 9.93 Å². The Hall–Kier alpha value is -2.28. The van der Waals surface area contributed by atoms with Crippen molar-refractivity contribution in [2.45, 2.75) is 6.92 Å². The Morgan fingerprint density at radius 3 is 2.55 bits per heavy atom. The van der Waals surface area contributed by atoms with Gasteiger partial charge in [-0.15, -0.1) is 0 Å². The van der Waals surface area contributed by atoms with Crippen LogP contribution >= 0.6 is 11.6 Å². The molecule has 0 saturated carbocycles. The monoisotopic (exact) mass is 323 g/mol.